The number of nitrogens with zero attached hydrogens (tertiary/aromatic N) is 1. The summed E-state index contributed by atoms with van der Waals surface area (Å²) in [6.45, 7) is 1.54. The molecule has 1 atom stereocenters. The number of rotatable bonds is 1. The Kier molecular flexibility index (Phi) is 3.06. The lowest BCUT2D eigenvalue weighted by atomic mass is 9.96. The van der Waals surface area contributed by atoms with Gasteiger partial charge < -0.3 is 10.4 Å². The molecule has 0 saturated carbocycles. The minimum Gasteiger partial charge on any atom is -0.465 e. The third-order valence-electron chi connectivity index (χ3n) is 2.93. The lowest BCUT2D eigenvalue weighted by Crippen LogP contribution is -2.37. The molecule has 0 aromatic rings. The van der Waals surface area contributed by atoms with E-state index in [4.69, 9.17) is 5.11 Å². The third-order valence-corrected chi connectivity index (χ3v) is 2.93. The number of amides is 1. The van der Waals surface area contributed by atoms with Crippen molar-refractivity contribution < 1.29 is 9.90 Å². The molecule has 2 heterocycles. The van der Waals surface area contributed by atoms with Gasteiger partial charge in [-0.05, 0) is 31.0 Å². The fourth-order valence-corrected chi connectivity index (χ4v) is 2.05. The summed E-state index contributed by atoms with van der Waals surface area (Å²) in [7, 11) is 0. The smallest absolute Gasteiger partial charge is 0.411 e. The van der Waals surface area contributed by atoms with E-state index in [-0.39, 0.29) is 0 Å². The predicted octanol–water partition coefficient (Wildman–Crippen LogP) is 1.56. The van der Waals surface area contributed by atoms with E-state index in [1.807, 2.05) is 12.2 Å². The average molecular weight is 208 g/mol. The average Bonchev–Trinajstić information content (AvgIpc) is 2.30. The Balaban J connectivity index is 1.95. The summed E-state index contributed by atoms with van der Waals surface area (Å²) >= 11 is 0. The first kappa shape index (κ1) is 10.2. The monoisotopic (exact) mass is 208 g/mol. The second-order valence-corrected chi connectivity index (χ2v) is 3.96. The van der Waals surface area contributed by atoms with Crippen LogP contribution in [0.4, 0.5) is 4.79 Å². The fraction of sp³-hybridized carbons (Fsp3) is 0.545. The molecule has 0 aliphatic carbocycles. The van der Waals surface area contributed by atoms with Gasteiger partial charge in [-0.1, -0.05) is 12.5 Å². The van der Waals surface area contributed by atoms with Crippen LogP contribution in [-0.2, 0) is 0 Å². The Bertz CT molecular complexity index is 304. The summed E-state index contributed by atoms with van der Waals surface area (Å²) < 4.78 is 0. The fourth-order valence-electron chi connectivity index (χ4n) is 2.05. The highest BCUT2D eigenvalue weighted by molar-refractivity contribution is 5.67. The van der Waals surface area contributed by atoms with Crippen LogP contribution in [0.2, 0.25) is 0 Å². The molecule has 2 N–H and O–H groups in total. The van der Waals surface area contributed by atoms with Crippen LogP contribution in [0.3, 0.4) is 0 Å². The van der Waals surface area contributed by atoms with Crippen molar-refractivity contribution in [1.29, 1.82) is 0 Å². The highest BCUT2D eigenvalue weighted by Crippen LogP contribution is 2.18. The number of nitrogens with one attached hydrogen (secondary N) is 1. The van der Waals surface area contributed by atoms with Gasteiger partial charge in [-0.3, -0.25) is 4.90 Å². The van der Waals surface area contributed by atoms with Crippen molar-refractivity contribution in [3.05, 3.63) is 23.9 Å². The first-order valence-electron chi connectivity index (χ1n) is 5.38. The maximum absolute atomic E-state index is 10.7. The second kappa shape index (κ2) is 4.49. The molecular weight excluding hydrogens is 192 g/mol. The van der Waals surface area contributed by atoms with Crippen LogP contribution in [-0.4, -0.2) is 35.2 Å². The van der Waals surface area contributed by atoms with E-state index in [2.05, 4.69) is 5.32 Å². The minimum absolute atomic E-state index is 0.422. The standard InChI is InChI=1S/C11H16N2O2/c14-11(15)13-7-4-9(5-8-13)10-3-1-2-6-12-10/h4-5,7,10,12H,1-3,6,8H2,(H,14,15). The minimum atomic E-state index is -0.891. The van der Waals surface area contributed by atoms with Gasteiger partial charge >= 0.3 is 6.09 Å². The van der Waals surface area contributed by atoms with Gasteiger partial charge in [-0.2, -0.15) is 0 Å². The summed E-state index contributed by atoms with van der Waals surface area (Å²) in [5.74, 6) is 0. The molecule has 1 saturated heterocycles. The van der Waals surface area contributed by atoms with E-state index >= 15 is 0 Å². The normalized spacial score (nSPS) is 26.3. The van der Waals surface area contributed by atoms with Gasteiger partial charge in [0.25, 0.3) is 0 Å². The molecule has 1 amide bonds. The topological polar surface area (TPSA) is 52.6 Å². The van der Waals surface area contributed by atoms with E-state index < -0.39 is 6.09 Å². The molecule has 82 valence electrons. The van der Waals surface area contributed by atoms with Crippen LogP contribution in [0, 0.1) is 0 Å². The molecule has 0 bridgehead atoms. The molecule has 4 heteroatoms. The number of carbonyl (C=O) groups is 1. The zero-order chi connectivity index (χ0) is 10.7. The van der Waals surface area contributed by atoms with Crippen molar-refractivity contribution in [1.82, 2.24) is 10.2 Å². The SMILES string of the molecule is O=C(O)N1C=CC(C2CCCCN2)=CC1. The Morgan fingerprint density at radius 3 is 2.93 bits per heavy atom. The lowest BCUT2D eigenvalue weighted by molar-refractivity contribution is 0.166. The van der Waals surface area contributed by atoms with E-state index in [9.17, 15) is 4.79 Å². The van der Waals surface area contributed by atoms with Crippen LogP contribution < -0.4 is 5.32 Å². The predicted molar refractivity (Wildman–Crippen MR) is 57.6 cm³/mol. The molecular formula is C11H16N2O2. The zero-order valence-corrected chi connectivity index (χ0v) is 8.65. The Morgan fingerprint density at radius 1 is 1.53 bits per heavy atom. The molecule has 2 rings (SSSR count). The molecule has 0 radical (unpaired) electrons. The van der Waals surface area contributed by atoms with Crippen molar-refractivity contribution in [2.45, 2.75) is 25.3 Å². The summed E-state index contributed by atoms with van der Waals surface area (Å²) in [4.78, 5) is 12.0. The van der Waals surface area contributed by atoms with Gasteiger partial charge in [0.1, 0.15) is 0 Å². The van der Waals surface area contributed by atoms with E-state index in [0.29, 0.717) is 12.6 Å². The van der Waals surface area contributed by atoms with Crippen molar-refractivity contribution in [3.8, 4) is 0 Å². The summed E-state index contributed by atoms with van der Waals surface area (Å²) in [6.07, 6.45) is 8.31. The highest BCUT2D eigenvalue weighted by atomic mass is 16.4. The van der Waals surface area contributed by atoms with Crippen LogP contribution in [0.25, 0.3) is 0 Å². The molecule has 1 fully saturated rings. The van der Waals surface area contributed by atoms with Gasteiger partial charge in [0, 0.05) is 18.8 Å². The number of hydrogen-bond acceptors (Lipinski definition) is 2. The molecule has 15 heavy (non-hydrogen) atoms. The van der Waals surface area contributed by atoms with Crippen molar-refractivity contribution in [2.75, 3.05) is 13.1 Å². The molecule has 0 spiro atoms. The van der Waals surface area contributed by atoms with Crippen molar-refractivity contribution in [2.24, 2.45) is 0 Å². The summed E-state index contributed by atoms with van der Waals surface area (Å²) in [6, 6.07) is 0.422. The third kappa shape index (κ3) is 2.39. The highest BCUT2D eigenvalue weighted by Gasteiger charge is 2.18. The van der Waals surface area contributed by atoms with E-state index in [1.54, 1.807) is 6.20 Å². The molecule has 1 unspecified atom stereocenters. The van der Waals surface area contributed by atoms with Gasteiger partial charge in [0.2, 0.25) is 0 Å². The van der Waals surface area contributed by atoms with E-state index in [0.717, 1.165) is 13.0 Å². The van der Waals surface area contributed by atoms with Gasteiger partial charge in [0.05, 0.1) is 0 Å². The Morgan fingerprint density at radius 2 is 2.40 bits per heavy atom. The number of carboxylic acid groups (broad SMARTS) is 1. The molecule has 0 aromatic heterocycles. The van der Waals surface area contributed by atoms with Gasteiger partial charge in [-0.15, -0.1) is 0 Å². The lowest BCUT2D eigenvalue weighted by Gasteiger charge is -2.27. The van der Waals surface area contributed by atoms with E-state index in [1.165, 1.54) is 23.3 Å². The first-order valence-corrected chi connectivity index (χ1v) is 5.38. The zero-order valence-electron chi connectivity index (χ0n) is 8.65. The Labute approximate surface area is 89.3 Å². The van der Waals surface area contributed by atoms with Crippen LogP contribution >= 0.6 is 0 Å². The van der Waals surface area contributed by atoms with Crippen LogP contribution in [0.5, 0.6) is 0 Å². The summed E-state index contributed by atoms with van der Waals surface area (Å²) in [5.41, 5.74) is 1.23. The molecule has 2 aliphatic heterocycles. The maximum Gasteiger partial charge on any atom is 0.411 e. The molecule has 2 aliphatic rings. The second-order valence-electron chi connectivity index (χ2n) is 3.96. The van der Waals surface area contributed by atoms with Gasteiger partial charge in [-0.25, -0.2) is 4.79 Å². The van der Waals surface area contributed by atoms with Crippen LogP contribution in [0.15, 0.2) is 23.9 Å². The Hall–Kier alpha value is -1.29. The molecule has 0 aromatic carbocycles. The van der Waals surface area contributed by atoms with Crippen molar-refractivity contribution >= 4 is 6.09 Å². The number of piperidine rings is 1. The van der Waals surface area contributed by atoms with Gasteiger partial charge in [0.15, 0.2) is 0 Å². The van der Waals surface area contributed by atoms with Crippen molar-refractivity contribution in [3.63, 3.8) is 0 Å². The maximum atomic E-state index is 10.7. The number of hydrogen-bond donors (Lipinski definition) is 2. The largest absolute Gasteiger partial charge is 0.465 e. The molecule has 4 nitrogen and oxygen atoms in total. The first-order chi connectivity index (χ1) is 7.27. The quantitative estimate of drug-likeness (QED) is 0.687. The summed E-state index contributed by atoms with van der Waals surface area (Å²) in [5, 5.41) is 12.2. The van der Waals surface area contributed by atoms with Crippen LogP contribution in [0.1, 0.15) is 19.3 Å².